The number of rotatable bonds is 7. The Hall–Kier alpha value is -2.35. The summed E-state index contributed by atoms with van der Waals surface area (Å²) in [5, 5.41) is 16.1. The van der Waals surface area contributed by atoms with Gasteiger partial charge >= 0.3 is 12.0 Å². The van der Waals surface area contributed by atoms with E-state index < -0.39 is 23.9 Å². The molecule has 1 unspecified atom stereocenters. The van der Waals surface area contributed by atoms with Crippen LogP contribution < -0.4 is 16.0 Å². The van der Waals surface area contributed by atoms with Crippen molar-refractivity contribution in [3.63, 3.8) is 0 Å². The molecule has 0 radical (unpaired) electrons. The minimum Gasteiger partial charge on any atom is -0.480 e. The average molecular weight is 297 g/mol. The van der Waals surface area contributed by atoms with E-state index in [2.05, 4.69) is 16.0 Å². The van der Waals surface area contributed by atoms with Crippen LogP contribution in [0.15, 0.2) is 22.8 Å². The Balaban J connectivity index is 2.29. The molecule has 0 fully saturated rings. The molecular weight excluding hydrogens is 278 g/mol. The molecule has 0 bridgehead atoms. The zero-order chi connectivity index (χ0) is 15.8. The second-order valence-corrected chi connectivity index (χ2v) is 4.75. The van der Waals surface area contributed by atoms with Crippen LogP contribution in [-0.2, 0) is 16.1 Å². The van der Waals surface area contributed by atoms with Gasteiger partial charge in [-0.1, -0.05) is 13.8 Å². The molecule has 0 aliphatic heterocycles. The Labute approximate surface area is 121 Å². The zero-order valence-electron chi connectivity index (χ0n) is 11.9. The molecular formula is C13H19N3O5. The largest absolute Gasteiger partial charge is 0.480 e. The van der Waals surface area contributed by atoms with Gasteiger partial charge in [-0.3, -0.25) is 20.2 Å². The minimum absolute atomic E-state index is 0.156. The number of carbonyl (C=O) groups excluding carboxylic acids is 2. The molecule has 0 aliphatic carbocycles. The summed E-state index contributed by atoms with van der Waals surface area (Å²) in [5.41, 5.74) is 0. The first-order valence-corrected chi connectivity index (χ1v) is 6.46. The maximum absolute atomic E-state index is 11.5. The van der Waals surface area contributed by atoms with Crippen molar-refractivity contribution in [1.29, 1.82) is 0 Å². The van der Waals surface area contributed by atoms with Crippen molar-refractivity contribution in [3.8, 4) is 0 Å². The topological polar surface area (TPSA) is 121 Å². The summed E-state index contributed by atoms with van der Waals surface area (Å²) in [5.74, 6) is -1.27. The van der Waals surface area contributed by atoms with E-state index >= 15 is 0 Å². The Morgan fingerprint density at radius 1 is 1.33 bits per heavy atom. The number of nitrogens with one attached hydrogen (secondary N) is 3. The van der Waals surface area contributed by atoms with Gasteiger partial charge in [-0.05, 0) is 18.1 Å². The summed E-state index contributed by atoms with van der Waals surface area (Å²) in [6.45, 7) is 3.34. The fourth-order valence-corrected chi connectivity index (χ4v) is 1.61. The van der Waals surface area contributed by atoms with Gasteiger partial charge in [0.15, 0.2) is 0 Å². The molecule has 3 amide bonds. The van der Waals surface area contributed by atoms with Crippen molar-refractivity contribution in [3.05, 3.63) is 24.2 Å². The van der Waals surface area contributed by atoms with Crippen molar-refractivity contribution in [1.82, 2.24) is 16.0 Å². The molecule has 21 heavy (non-hydrogen) atoms. The monoisotopic (exact) mass is 297 g/mol. The Morgan fingerprint density at radius 3 is 2.57 bits per heavy atom. The van der Waals surface area contributed by atoms with E-state index in [0.717, 1.165) is 0 Å². The highest BCUT2D eigenvalue weighted by Gasteiger charge is 2.21. The van der Waals surface area contributed by atoms with E-state index in [4.69, 9.17) is 9.52 Å². The minimum atomic E-state index is -1.04. The number of imide groups is 1. The van der Waals surface area contributed by atoms with Gasteiger partial charge in [-0.2, -0.15) is 0 Å². The molecule has 0 aromatic carbocycles. The normalized spacial score (nSPS) is 12.0. The first-order valence-electron chi connectivity index (χ1n) is 6.46. The molecule has 116 valence electrons. The van der Waals surface area contributed by atoms with Crippen LogP contribution in [0.4, 0.5) is 4.79 Å². The number of urea groups is 1. The number of furan rings is 1. The van der Waals surface area contributed by atoms with E-state index in [1.165, 1.54) is 6.26 Å². The van der Waals surface area contributed by atoms with Crippen LogP contribution in [0.25, 0.3) is 0 Å². The number of aliphatic carboxylic acids is 1. The number of carbonyl (C=O) groups is 3. The summed E-state index contributed by atoms with van der Waals surface area (Å²) in [7, 11) is 0. The van der Waals surface area contributed by atoms with E-state index in [1.807, 2.05) is 0 Å². The van der Waals surface area contributed by atoms with Crippen molar-refractivity contribution in [2.75, 3.05) is 6.54 Å². The lowest BCUT2D eigenvalue weighted by atomic mass is 10.1. The molecule has 4 N–H and O–H groups in total. The fourth-order valence-electron chi connectivity index (χ4n) is 1.61. The lowest BCUT2D eigenvalue weighted by molar-refractivity contribution is -0.140. The van der Waals surface area contributed by atoms with Gasteiger partial charge in [-0.15, -0.1) is 0 Å². The number of hydrogen-bond acceptors (Lipinski definition) is 5. The molecule has 1 aromatic rings. The quantitative estimate of drug-likeness (QED) is 0.574. The van der Waals surface area contributed by atoms with Gasteiger partial charge in [0.2, 0.25) is 5.91 Å². The molecule has 0 saturated heterocycles. The number of hydrogen-bond donors (Lipinski definition) is 4. The summed E-state index contributed by atoms with van der Waals surface area (Å²) in [4.78, 5) is 33.9. The number of carboxylic acid groups (broad SMARTS) is 1. The smallest absolute Gasteiger partial charge is 0.321 e. The predicted octanol–water partition coefficient (Wildman–Crippen LogP) is 0.304. The Bertz CT molecular complexity index is 484. The summed E-state index contributed by atoms with van der Waals surface area (Å²) >= 11 is 0. The van der Waals surface area contributed by atoms with Crippen LogP contribution in [0.3, 0.4) is 0 Å². The maximum Gasteiger partial charge on any atom is 0.321 e. The summed E-state index contributed by atoms with van der Waals surface area (Å²) in [6, 6.07) is 1.85. The first-order chi connectivity index (χ1) is 9.90. The SMILES string of the molecule is CC(C)C(NCC(=O)NC(=O)NCc1ccco1)C(=O)O. The zero-order valence-corrected chi connectivity index (χ0v) is 11.9. The third-order valence-electron chi connectivity index (χ3n) is 2.67. The van der Waals surface area contributed by atoms with Gasteiger partial charge in [0.1, 0.15) is 11.8 Å². The molecule has 1 rings (SSSR count). The Kier molecular flexibility index (Phi) is 6.41. The van der Waals surface area contributed by atoms with Crippen LogP contribution >= 0.6 is 0 Å². The third-order valence-corrected chi connectivity index (χ3v) is 2.67. The van der Waals surface area contributed by atoms with E-state index in [0.29, 0.717) is 5.76 Å². The number of carboxylic acids is 1. The highest BCUT2D eigenvalue weighted by atomic mass is 16.4. The summed E-state index contributed by atoms with van der Waals surface area (Å²) < 4.78 is 5.02. The molecule has 0 saturated carbocycles. The number of amides is 3. The van der Waals surface area contributed by atoms with Gasteiger partial charge in [0.05, 0.1) is 19.4 Å². The van der Waals surface area contributed by atoms with Crippen LogP contribution in [-0.4, -0.2) is 35.6 Å². The lowest BCUT2D eigenvalue weighted by Gasteiger charge is -2.17. The Morgan fingerprint density at radius 2 is 2.05 bits per heavy atom. The van der Waals surface area contributed by atoms with Crippen LogP contribution in [0, 0.1) is 5.92 Å². The molecule has 0 aliphatic rings. The highest BCUT2D eigenvalue weighted by Crippen LogP contribution is 2.01. The van der Waals surface area contributed by atoms with Crippen LogP contribution in [0.5, 0.6) is 0 Å². The standard InChI is InChI=1S/C13H19N3O5/c1-8(2)11(12(18)19)14-7-10(17)16-13(20)15-6-9-4-3-5-21-9/h3-5,8,11,14H,6-7H2,1-2H3,(H,18,19)(H2,15,16,17,20). The highest BCUT2D eigenvalue weighted by molar-refractivity contribution is 5.95. The molecule has 0 spiro atoms. The van der Waals surface area contributed by atoms with Gasteiger partial charge in [-0.25, -0.2) is 4.79 Å². The van der Waals surface area contributed by atoms with Crippen LogP contribution in [0.2, 0.25) is 0 Å². The molecule has 1 atom stereocenters. The van der Waals surface area contributed by atoms with Crippen LogP contribution in [0.1, 0.15) is 19.6 Å². The third kappa shape index (κ3) is 6.09. The van der Waals surface area contributed by atoms with Gasteiger partial charge < -0.3 is 14.8 Å². The summed E-state index contributed by atoms with van der Waals surface area (Å²) in [6.07, 6.45) is 1.47. The van der Waals surface area contributed by atoms with Crippen molar-refractivity contribution in [2.24, 2.45) is 5.92 Å². The fraction of sp³-hybridized carbons (Fsp3) is 0.462. The lowest BCUT2D eigenvalue weighted by Crippen LogP contribution is -2.48. The maximum atomic E-state index is 11.5. The van der Waals surface area contributed by atoms with Gasteiger partial charge in [0.25, 0.3) is 0 Å². The van der Waals surface area contributed by atoms with Gasteiger partial charge in [0, 0.05) is 0 Å². The van der Waals surface area contributed by atoms with Crippen molar-refractivity contribution >= 4 is 17.9 Å². The molecule has 1 heterocycles. The van der Waals surface area contributed by atoms with Crippen molar-refractivity contribution < 1.29 is 23.9 Å². The van der Waals surface area contributed by atoms with E-state index in [9.17, 15) is 14.4 Å². The van der Waals surface area contributed by atoms with Crippen molar-refractivity contribution in [2.45, 2.75) is 26.4 Å². The second-order valence-electron chi connectivity index (χ2n) is 4.75. The first kappa shape index (κ1) is 16.7. The molecule has 8 heteroatoms. The molecule has 8 nitrogen and oxygen atoms in total. The van der Waals surface area contributed by atoms with E-state index in [-0.39, 0.29) is 19.0 Å². The second kappa shape index (κ2) is 8.05. The average Bonchev–Trinajstić information content (AvgIpc) is 2.88. The molecule has 1 aromatic heterocycles. The van der Waals surface area contributed by atoms with E-state index in [1.54, 1.807) is 26.0 Å². The predicted molar refractivity (Wildman–Crippen MR) is 73.4 cm³/mol.